The minimum atomic E-state index is -4.50. The Labute approximate surface area is 110 Å². The van der Waals surface area contributed by atoms with Crippen LogP contribution in [0.5, 0.6) is 11.5 Å². The molecule has 1 atom stereocenters. The molecule has 1 aliphatic heterocycles. The number of nitrogens with two attached hydrogens (primary N) is 1. The van der Waals surface area contributed by atoms with Gasteiger partial charge in [-0.15, -0.1) is 0 Å². The van der Waals surface area contributed by atoms with Gasteiger partial charge in [-0.3, -0.25) is 0 Å². The SMILES string of the molecule is N[C@H](c1cc2c(cc1Br)OCCCO2)C(F)(F)F. The molecule has 1 aromatic rings. The van der Waals surface area contributed by atoms with E-state index in [0.29, 0.717) is 31.1 Å². The van der Waals surface area contributed by atoms with Crippen LogP contribution in [0.25, 0.3) is 0 Å². The smallest absolute Gasteiger partial charge is 0.407 e. The van der Waals surface area contributed by atoms with Gasteiger partial charge in [0.05, 0.1) is 13.2 Å². The summed E-state index contributed by atoms with van der Waals surface area (Å²) >= 11 is 3.08. The van der Waals surface area contributed by atoms with Crippen LogP contribution in [0.2, 0.25) is 0 Å². The summed E-state index contributed by atoms with van der Waals surface area (Å²) < 4.78 is 48.8. The zero-order valence-corrected chi connectivity index (χ0v) is 10.8. The standard InChI is InChI=1S/C11H11BrF3NO2/c12-7-5-9-8(17-2-1-3-18-9)4-6(7)10(16)11(13,14)15/h4-5,10H,1-3,16H2/t10-/m1/s1. The summed E-state index contributed by atoms with van der Waals surface area (Å²) in [6.45, 7) is 0.888. The third-order valence-electron chi connectivity index (χ3n) is 2.55. The van der Waals surface area contributed by atoms with Crippen molar-refractivity contribution in [1.29, 1.82) is 0 Å². The fourth-order valence-electron chi connectivity index (χ4n) is 1.61. The van der Waals surface area contributed by atoms with Crippen LogP contribution in [0.15, 0.2) is 16.6 Å². The van der Waals surface area contributed by atoms with Gasteiger partial charge >= 0.3 is 6.18 Å². The van der Waals surface area contributed by atoms with E-state index in [2.05, 4.69) is 15.9 Å². The Balaban J connectivity index is 2.41. The zero-order valence-electron chi connectivity index (χ0n) is 9.26. The number of rotatable bonds is 1. The molecule has 0 radical (unpaired) electrons. The van der Waals surface area contributed by atoms with Crippen molar-refractivity contribution in [3.8, 4) is 11.5 Å². The molecule has 1 aliphatic rings. The zero-order chi connectivity index (χ0) is 13.3. The fraction of sp³-hybridized carbons (Fsp3) is 0.455. The van der Waals surface area contributed by atoms with Gasteiger partial charge in [0.15, 0.2) is 11.5 Å². The van der Waals surface area contributed by atoms with Gasteiger partial charge in [-0.25, -0.2) is 0 Å². The highest BCUT2D eigenvalue weighted by atomic mass is 79.9. The molecule has 0 saturated carbocycles. The van der Waals surface area contributed by atoms with Crippen LogP contribution < -0.4 is 15.2 Å². The summed E-state index contributed by atoms with van der Waals surface area (Å²) in [6, 6.07) is 0.689. The Kier molecular flexibility index (Phi) is 3.72. The first-order chi connectivity index (χ1) is 8.39. The Bertz CT molecular complexity index is 451. The highest BCUT2D eigenvalue weighted by Crippen LogP contribution is 2.41. The van der Waals surface area contributed by atoms with Crippen molar-refractivity contribution >= 4 is 15.9 Å². The van der Waals surface area contributed by atoms with Crippen molar-refractivity contribution in [2.45, 2.75) is 18.6 Å². The highest BCUT2D eigenvalue weighted by Gasteiger charge is 2.39. The molecule has 1 aromatic carbocycles. The molecule has 7 heteroatoms. The van der Waals surface area contributed by atoms with Crippen LogP contribution in [-0.2, 0) is 0 Å². The molecule has 0 amide bonds. The van der Waals surface area contributed by atoms with Crippen LogP contribution in [0, 0.1) is 0 Å². The van der Waals surface area contributed by atoms with Crippen LogP contribution >= 0.6 is 15.9 Å². The largest absolute Gasteiger partial charge is 0.490 e. The molecule has 0 fully saturated rings. The lowest BCUT2D eigenvalue weighted by atomic mass is 10.1. The molecule has 0 aromatic heterocycles. The first-order valence-corrected chi connectivity index (χ1v) is 6.10. The Morgan fingerprint density at radius 1 is 1.17 bits per heavy atom. The molecule has 18 heavy (non-hydrogen) atoms. The molecule has 0 bridgehead atoms. The third-order valence-corrected chi connectivity index (χ3v) is 3.24. The van der Waals surface area contributed by atoms with Crippen LogP contribution in [0.1, 0.15) is 18.0 Å². The molecule has 2 N–H and O–H groups in total. The summed E-state index contributed by atoms with van der Waals surface area (Å²) in [4.78, 5) is 0. The van der Waals surface area contributed by atoms with E-state index in [1.165, 1.54) is 12.1 Å². The van der Waals surface area contributed by atoms with Gasteiger partial charge in [0.25, 0.3) is 0 Å². The van der Waals surface area contributed by atoms with Crippen LogP contribution in [0.3, 0.4) is 0 Å². The van der Waals surface area contributed by atoms with E-state index >= 15 is 0 Å². The van der Waals surface area contributed by atoms with E-state index in [0.717, 1.165) is 0 Å². The molecule has 0 unspecified atom stereocenters. The van der Waals surface area contributed by atoms with Gasteiger partial charge < -0.3 is 15.2 Å². The number of ether oxygens (including phenoxy) is 2. The highest BCUT2D eigenvalue weighted by molar-refractivity contribution is 9.10. The quantitative estimate of drug-likeness (QED) is 0.862. The van der Waals surface area contributed by atoms with E-state index < -0.39 is 12.2 Å². The molecule has 0 aliphatic carbocycles. The van der Waals surface area contributed by atoms with Gasteiger partial charge in [-0.05, 0) is 17.7 Å². The first kappa shape index (κ1) is 13.5. The molecule has 3 nitrogen and oxygen atoms in total. The van der Waals surface area contributed by atoms with Crippen LogP contribution in [0.4, 0.5) is 13.2 Å². The van der Waals surface area contributed by atoms with E-state index in [1.807, 2.05) is 0 Å². The Morgan fingerprint density at radius 3 is 2.28 bits per heavy atom. The second-order valence-electron chi connectivity index (χ2n) is 3.89. The second-order valence-corrected chi connectivity index (χ2v) is 4.74. The van der Waals surface area contributed by atoms with Crippen molar-refractivity contribution in [3.63, 3.8) is 0 Å². The van der Waals surface area contributed by atoms with Crippen molar-refractivity contribution in [3.05, 3.63) is 22.2 Å². The van der Waals surface area contributed by atoms with Crippen molar-refractivity contribution in [2.75, 3.05) is 13.2 Å². The molecular formula is C11H11BrF3NO2. The molecular weight excluding hydrogens is 315 g/mol. The summed E-state index contributed by atoms with van der Waals surface area (Å²) in [6.07, 6.45) is -3.81. The average molecular weight is 326 g/mol. The lowest BCUT2D eigenvalue weighted by Crippen LogP contribution is -2.28. The Hall–Kier alpha value is -0.950. The maximum atomic E-state index is 12.6. The molecule has 1 heterocycles. The number of benzene rings is 1. The number of fused-ring (bicyclic) bond motifs is 1. The second kappa shape index (κ2) is 4.97. The maximum absolute atomic E-state index is 12.6. The van der Waals surface area contributed by atoms with Gasteiger partial charge in [0, 0.05) is 10.9 Å². The molecule has 2 rings (SSSR count). The summed E-state index contributed by atoms with van der Waals surface area (Å²) in [7, 11) is 0. The van der Waals surface area contributed by atoms with Crippen molar-refractivity contribution < 1.29 is 22.6 Å². The van der Waals surface area contributed by atoms with E-state index in [4.69, 9.17) is 15.2 Å². The predicted octanol–water partition coefficient (Wildman–Crippen LogP) is 3.17. The normalized spacial score (nSPS) is 17.2. The summed E-state index contributed by atoms with van der Waals surface area (Å²) in [5.41, 5.74) is 5.13. The van der Waals surface area contributed by atoms with E-state index in [1.54, 1.807) is 0 Å². The Morgan fingerprint density at radius 2 is 1.72 bits per heavy atom. The van der Waals surface area contributed by atoms with E-state index in [9.17, 15) is 13.2 Å². The van der Waals surface area contributed by atoms with Crippen molar-refractivity contribution in [2.24, 2.45) is 5.73 Å². The van der Waals surface area contributed by atoms with Crippen molar-refractivity contribution in [1.82, 2.24) is 0 Å². The lowest BCUT2D eigenvalue weighted by Gasteiger charge is -2.19. The molecule has 100 valence electrons. The number of hydrogen-bond acceptors (Lipinski definition) is 3. The molecule has 0 saturated heterocycles. The number of alkyl halides is 3. The predicted molar refractivity (Wildman–Crippen MR) is 62.7 cm³/mol. The number of hydrogen-bond donors (Lipinski definition) is 1. The van der Waals surface area contributed by atoms with Gasteiger partial charge in [-0.2, -0.15) is 13.2 Å². The minimum absolute atomic E-state index is 0.0632. The van der Waals surface area contributed by atoms with Gasteiger partial charge in [0.1, 0.15) is 6.04 Å². The third kappa shape index (κ3) is 2.72. The minimum Gasteiger partial charge on any atom is -0.490 e. The first-order valence-electron chi connectivity index (χ1n) is 5.31. The monoisotopic (exact) mass is 325 g/mol. The van der Waals surface area contributed by atoms with Crippen LogP contribution in [-0.4, -0.2) is 19.4 Å². The van der Waals surface area contributed by atoms with Gasteiger partial charge in [-0.1, -0.05) is 15.9 Å². The lowest BCUT2D eigenvalue weighted by molar-refractivity contribution is -0.149. The number of halogens is 4. The van der Waals surface area contributed by atoms with Gasteiger partial charge in [0.2, 0.25) is 0 Å². The topological polar surface area (TPSA) is 44.5 Å². The maximum Gasteiger partial charge on any atom is 0.407 e. The fourth-order valence-corrected chi connectivity index (χ4v) is 2.18. The van der Waals surface area contributed by atoms with E-state index in [-0.39, 0.29) is 10.0 Å². The summed E-state index contributed by atoms with van der Waals surface area (Å²) in [5.74, 6) is 0.725. The average Bonchev–Trinajstić information content (AvgIpc) is 2.50. The summed E-state index contributed by atoms with van der Waals surface area (Å²) in [5, 5.41) is 0. The molecule has 0 spiro atoms.